The molecule has 0 amide bonds. The van der Waals surface area contributed by atoms with Gasteiger partial charge in [-0.15, -0.1) is 0 Å². The molecule has 0 aliphatic rings. The van der Waals surface area contributed by atoms with Crippen molar-refractivity contribution in [1.82, 2.24) is 0 Å². The number of aliphatic hydroxyl groups is 1. The van der Waals surface area contributed by atoms with E-state index < -0.39 is 12.1 Å². The lowest BCUT2D eigenvalue weighted by Crippen LogP contribution is -1.95. The first-order valence-electron chi connectivity index (χ1n) is 5.91. The van der Waals surface area contributed by atoms with Crippen LogP contribution < -0.4 is 0 Å². The van der Waals surface area contributed by atoms with Crippen LogP contribution in [0, 0.1) is 0 Å². The van der Waals surface area contributed by atoms with E-state index in [-0.39, 0.29) is 5.56 Å². The van der Waals surface area contributed by atoms with Crippen molar-refractivity contribution < 1.29 is 15.0 Å². The highest BCUT2D eigenvalue weighted by Gasteiger charge is 2.02. The van der Waals surface area contributed by atoms with Gasteiger partial charge in [-0.2, -0.15) is 0 Å². The molecule has 0 bridgehead atoms. The maximum absolute atomic E-state index is 10.7. The van der Waals surface area contributed by atoms with Crippen molar-refractivity contribution in [2.45, 2.75) is 6.10 Å². The van der Waals surface area contributed by atoms with Gasteiger partial charge in [0.05, 0.1) is 11.7 Å². The molecule has 0 aliphatic carbocycles. The minimum absolute atomic E-state index is 0.251. The van der Waals surface area contributed by atoms with Crippen LogP contribution in [0.15, 0.2) is 60.7 Å². The van der Waals surface area contributed by atoms with Crippen LogP contribution in [0.1, 0.15) is 27.6 Å². The second kappa shape index (κ2) is 5.98. The molecule has 1 atom stereocenters. The van der Waals surface area contributed by atoms with Gasteiger partial charge in [-0.25, -0.2) is 4.79 Å². The lowest BCUT2D eigenvalue weighted by Gasteiger charge is -2.05. The number of hydrogen-bond donors (Lipinski definition) is 2. The van der Waals surface area contributed by atoms with Gasteiger partial charge in [0, 0.05) is 0 Å². The van der Waals surface area contributed by atoms with E-state index in [9.17, 15) is 9.90 Å². The Morgan fingerprint density at radius 2 is 1.63 bits per heavy atom. The first-order valence-corrected chi connectivity index (χ1v) is 5.91. The predicted molar refractivity (Wildman–Crippen MR) is 73.8 cm³/mol. The van der Waals surface area contributed by atoms with Crippen molar-refractivity contribution in [1.29, 1.82) is 0 Å². The van der Waals surface area contributed by atoms with Gasteiger partial charge in [-0.05, 0) is 23.3 Å². The summed E-state index contributed by atoms with van der Waals surface area (Å²) < 4.78 is 0. The van der Waals surface area contributed by atoms with E-state index in [0.29, 0.717) is 0 Å². The molecule has 2 N–H and O–H groups in total. The van der Waals surface area contributed by atoms with Crippen molar-refractivity contribution in [3.63, 3.8) is 0 Å². The van der Waals surface area contributed by atoms with Gasteiger partial charge in [0.15, 0.2) is 0 Å². The number of hydrogen-bond acceptors (Lipinski definition) is 2. The molecule has 1 unspecified atom stereocenters. The molecule has 2 aromatic carbocycles. The molecule has 3 heteroatoms. The number of carboxylic acid groups (broad SMARTS) is 1. The fraction of sp³-hybridized carbons (Fsp3) is 0.0625. The van der Waals surface area contributed by atoms with Gasteiger partial charge in [0.1, 0.15) is 0 Å². The summed E-state index contributed by atoms with van der Waals surface area (Å²) in [6.45, 7) is 0. The van der Waals surface area contributed by atoms with Gasteiger partial charge in [-0.3, -0.25) is 0 Å². The summed E-state index contributed by atoms with van der Waals surface area (Å²) in [6.07, 6.45) is 2.77. The van der Waals surface area contributed by atoms with Crippen molar-refractivity contribution in [2.24, 2.45) is 0 Å². The Morgan fingerprint density at radius 3 is 2.21 bits per heavy atom. The SMILES string of the molecule is O=C(O)c1ccc(/C=C/C(O)c2ccccc2)cc1. The fourth-order valence-corrected chi connectivity index (χ4v) is 1.70. The van der Waals surface area contributed by atoms with E-state index in [1.54, 1.807) is 24.3 Å². The number of rotatable bonds is 4. The largest absolute Gasteiger partial charge is 0.478 e. The first-order chi connectivity index (χ1) is 9.16. The Morgan fingerprint density at radius 1 is 1.00 bits per heavy atom. The summed E-state index contributed by atoms with van der Waals surface area (Å²) in [5.74, 6) is -0.945. The zero-order valence-electron chi connectivity index (χ0n) is 10.2. The van der Waals surface area contributed by atoms with Gasteiger partial charge in [0.25, 0.3) is 0 Å². The molecular weight excluding hydrogens is 240 g/mol. The number of benzene rings is 2. The predicted octanol–water partition coefficient (Wildman–Crippen LogP) is 3.13. The van der Waals surface area contributed by atoms with Crippen LogP contribution >= 0.6 is 0 Å². The molecule has 0 heterocycles. The lowest BCUT2D eigenvalue weighted by atomic mass is 10.1. The molecular formula is C16H14O3. The summed E-state index contributed by atoms with van der Waals surface area (Å²) >= 11 is 0. The number of aromatic carboxylic acids is 1. The van der Waals surface area contributed by atoms with Crippen LogP contribution in [0.25, 0.3) is 6.08 Å². The van der Waals surface area contributed by atoms with Crippen LogP contribution in [0.3, 0.4) is 0 Å². The van der Waals surface area contributed by atoms with E-state index in [2.05, 4.69) is 0 Å². The second-order valence-corrected chi connectivity index (χ2v) is 4.14. The zero-order chi connectivity index (χ0) is 13.7. The average Bonchev–Trinajstić information content (AvgIpc) is 2.46. The highest BCUT2D eigenvalue weighted by Crippen LogP contribution is 2.15. The van der Waals surface area contributed by atoms with Gasteiger partial charge in [-0.1, -0.05) is 54.6 Å². The van der Waals surface area contributed by atoms with Gasteiger partial charge < -0.3 is 10.2 Å². The number of aliphatic hydroxyl groups excluding tert-OH is 1. The minimum atomic E-state index is -0.945. The monoisotopic (exact) mass is 254 g/mol. The lowest BCUT2D eigenvalue weighted by molar-refractivity contribution is 0.0697. The maximum atomic E-state index is 10.7. The van der Waals surface area contributed by atoms with Crippen LogP contribution in [0.4, 0.5) is 0 Å². The zero-order valence-corrected chi connectivity index (χ0v) is 10.2. The maximum Gasteiger partial charge on any atom is 0.335 e. The Kier molecular flexibility index (Phi) is 4.11. The molecule has 0 radical (unpaired) electrons. The average molecular weight is 254 g/mol. The molecule has 96 valence electrons. The number of carbonyl (C=O) groups is 1. The molecule has 2 rings (SSSR count). The normalized spacial score (nSPS) is 12.5. The Labute approximate surface area is 111 Å². The minimum Gasteiger partial charge on any atom is -0.478 e. The van der Waals surface area contributed by atoms with Crippen molar-refractivity contribution in [3.05, 3.63) is 77.4 Å². The molecule has 19 heavy (non-hydrogen) atoms. The number of carboxylic acids is 1. The highest BCUT2D eigenvalue weighted by molar-refractivity contribution is 5.87. The molecule has 0 aliphatic heterocycles. The molecule has 2 aromatic rings. The second-order valence-electron chi connectivity index (χ2n) is 4.14. The van der Waals surface area contributed by atoms with Crippen molar-refractivity contribution in [3.8, 4) is 0 Å². The van der Waals surface area contributed by atoms with E-state index in [1.807, 2.05) is 30.3 Å². The first kappa shape index (κ1) is 13.1. The summed E-state index contributed by atoms with van der Waals surface area (Å²) in [6, 6.07) is 15.8. The smallest absolute Gasteiger partial charge is 0.335 e. The van der Waals surface area contributed by atoms with Gasteiger partial charge >= 0.3 is 5.97 Å². The topological polar surface area (TPSA) is 57.5 Å². The summed E-state index contributed by atoms with van der Waals surface area (Å²) in [7, 11) is 0. The van der Waals surface area contributed by atoms with Crippen LogP contribution in [-0.4, -0.2) is 16.2 Å². The standard InChI is InChI=1S/C16H14O3/c17-15(13-4-2-1-3-5-13)11-8-12-6-9-14(10-7-12)16(18)19/h1-11,15,17H,(H,18,19)/b11-8+. The highest BCUT2D eigenvalue weighted by atomic mass is 16.4. The molecule has 0 aromatic heterocycles. The van der Waals surface area contributed by atoms with E-state index in [0.717, 1.165) is 11.1 Å². The quantitative estimate of drug-likeness (QED) is 0.881. The summed E-state index contributed by atoms with van der Waals surface area (Å²) in [5, 5.41) is 18.7. The van der Waals surface area contributed by atoms with E-state index in [4.69, 9.17) is 5.11 Å². The molecule has 3 nitrogen and oxygen atoms in total. The van der Waals surface area contributed by atoms with E-state index in [1.165, 1.54) is 12.1 Å². The Hall–Kier alpha value is -2.39. The van der Waals surface area contributed by atoms with Crippen molar-refractivity contribution >= 4 is 12.0 Å². The van der Waals surface area contributed by atoms with Gasteiger partial charge in [0.2, 0.25) is 0 Å². The Balaban J connectivity index is 2.08. The summed E-state index contributed by atoms with van der Waals surface area (Å²) in [4.78, 5) is 10.7. The summed E-state index contributed by atoms with van der Waals surface area (Å²) in [5.41, 5.74) is 1.92. The third-order valence-electron chi connectivity index (χ3n) is 2.77. The van der Waals surface area contributed by atoms with Crippen LogP contribution in [0.5, 0.6) is 0 Å². The molecule has 0 spiro atoms. The fourth-order valence-electron chi connectivity index (χ4n) is 1.70. The van der Waals surface area contributed by atoms with Crippen molar-refractivity contribution in [2.75, 3.05) is 0 Å². The molecule has 0 fully saturated rings. The van der Waals surface area contributed by atoms with Crippen LogP contribution in [-0.2, 0) is 0 Å². The van der Waals surface area contributed by atoms with E-state index >= 15 is 0 Å². The van der Waals surface area contributed by atoms with Crippen LogP contribution in [0.2, 0.25) is 0 Å². The molecule has 0 saturated carbocycles. The third-order valence-corrected chi connectivity index (χ3v) is 2.77. The third kappa shape index (κ3) is 3.53. The molecule has 0 saturated heterocycles. The Bertz CT molecular complexity index is 571.